The fourth-order valence-corrected chi connectivity index (χ4v) is 3.65. The van der Waals surface area contributed by atoms with Gasteiger partial charge in [0.15, 0.2) is 0 Å². The number of thiocarbonyl (C=S) groups is 1. The average molecular weight is 297 g/mol. The van der Waals surface area contributed by atoms with Crippen LogP contribution in [0, 0.1) is 5.92 Å². The Balaban J connectivity index is 1.84. The number of nitrogens with one attached hydrogen (secondary N) is 1. The molecule has 1 aliphatic heterocycles. The summed E-state index contributed by atoms with van der Waals surface area (Å²) in [5.74, 6) is 0.869. The maximum Gasteiger partial charge on any atom is 0.220 e. The molecule has 0 spiro atoms. The predicted octanol–water partition coefficient (Wildman–Crippen LogP) is 1.82. The van der Waals surface area contributed by atoms with Gasteiger partial charge in [0.05, 0.1) is 10.5 Å². The first-order valence-electron chi connectivity index (χ1n) is 7.81. The molecule has 0 aromatic heterocycles. The van der Waals surface area contributed by atoms with Crippen LogP contribution >= 0.6 is 12.2 Å². The summed E-state index contributed by atoms with van der Waals surface area (Å²) in [5.41, 5.74) is 5.46. The van der Waals surface area contributed by atoms with Crippen molar-refractivity contribution in [3.63, 3.8) is 0 Å². The zero-order valence-corrected chi connectivity index (χ0v) is 13.3. The lowest BCUT2D eigenvalue weighted by molar-refractivity contribution is -0.123. The van der Waals surface area contributed by atoms with E-state index in [4.69, 9.17) is 18.0 Å². The summed E-state index contributed by atoms with van der Waals surface area (Å²) >= 11 is 5.22. The summed E-state index contributed by atoms with van der Waals surface area (Å²) in [6.07, 6.45) is 8.52. The molecule has 5 heteroatoms. The lowest BCUT2D eigenvalue weighted by atomic mass is 9.87. The molecule has 2 fully saturated rings. The predicted molar refractivity (Wildman–Crippen MR) is 85.6 cm³/mol. The topological polar surface area (TPSA) is 58.4 Å². The summed E-state index contributed by atoms with van der Waals surface area (Å²) in [7, 11) is 2.09. The Morgan fingerprint density at radius 1 is 1.35 bits per heavy atom. The maximum absolute atomic E-state index is 12.2. The smallest absolute Gasteiger partial charge is 0.220 e. The van der Waals surface area contributed by atoms with Crippen LogP contribution in [0.4, 0.5) is 0 Å². The molecule has 1 saturated carbocycles. The standard InChI is InChI=1S/C15H27N3OS/c1-18-10-8-15(9-11-18,14(16)20)17-13(19)7-6-12-4-2-3-5-12/h12H,2-11H2,1H3,(H2,16,20)(H,17,19). The van der Waals surface area contributed by atoms with Gasteiger partial charge in [-0.2, -0.15) is 0 Å². The molecule has 20 heavy (non-hydrogen) atoms. The number of likely N-dealkylation sites (tertiary alicyclic amines) is 1. The summed E-state index contributed by atoms with van der Waals surface area (Å²) in [4.78, 5) is 14.9. The highest BCUT2D eigenvalue weighted by Crippen LogP contribution is 2.29. The minimum atomic E-state index is -0.450. The van der Waals surface area contributed by atoms with Crippen LogP contribution in [0.3, 0.4) is 0 Å². The highest BCUT2D eigenvalue weighted by Gasteiger charge is 2.37. The number of piperidine rings is 1. The van der Waals surface area contributed by atoms with Crippen molar-refractivity contribution in [3.05, 3.63) is 0 Å². The minimum absolute atomic E-state index is 0.120. The van der Waals surface area contributed by atoms with E-state index >= 15 is 0 Å². The van der Waals surface area contributed by atoms with Crippen molar-refractivity contribution < 1.29 is 4.79 Å². The first-order valence-corrected chi connectivity index (χ1v) is 8.22. The number of carbonyl (C=O) groups excluding carboxylic acids is 1. The normalized spacial score (nSPS) is 23.6. The van der Waals surface area contributed by atoms with Crippen LogP contribution in [0.1, 0.15) is 51.4 Å². The molecule has 3 N–H and O–H groups in total. The van der Waals surface area contributed by atoms with Gasteiger partial charge in [-0.05, 0) is 32.2 Å². The van der Waals surface area contributed by atoms with E-state index < -0.39 is 5.54 Å². The first kappa shape index (κ1) is 15.7. The van der Waals surface area contributed by atoms with Crippen molar-refractivity contribution in [2.24, 2.45) is 11.7 Å². The Labute approximate surface area is 127 Å². The minimum Gasteiger partial charge on any atom is -0.391 e. The van der Waals surface area contributed by atoms with E-state index in [2.05, 4.69) is 17.3 Å². The van der Waals surface area contributed by atoms with Crippen LogP contribution < -0.4 is 11.1 Å². The van der Waals surface area contributed by atoms with Gasteiger partial charge in [0, 0.05) is 19.5 Å². The van der Waals surface area contributed by atoms with Crippen LogP contribution in [0.15, 0.2) is 0 Å². The molecule has 4 nitrogen and oxygen atoms in total. The molecule has 0 aromatic rings. The van der Waals surface area contributed by atoms with Crippen molar-refractivity contribution in [3.8, 4) is 0 Å². The Kier molecular flexibility index (Phi) is 5.38. The third-order valence-electron chi connectivity index (χ3n) is 4.95. The van der Waals surface area contributed by atoms with E-state index in [-0.39, 0.29) is 5.91 Å². The quantitative estimate of drug-likeness (QED) is 0.760. The molecular weight excluding hydrogens is 270 g/mol. The van der Waals surface area contributed by atoms with Gasteiger partial charge >= 0.3 is 0 Å². The van der Waals surface area contributed by atoms with Crippen molar-refractivity contribution in [1.82, 2.24) is 10.2 Å². The van der Waals surface area contributed by atoms with Gasteiger partial charge in [-0.15, -0.1) is 0 Å². The molecule has 0 unspecified atom stereocenters. The van der Waals surface area contributed by atoms with E-state index in [1.807, 2.05) is 0 Å². The maximum atomic E-state index is 12.2. The molecule has 1 aliphatic carbocycles. The number of hydrogen-bond acceptors (Lipinski definition) is 3. The molecule has 0 atom stereocenters. The third-order valence-corrected chi connectivity index (χ3v) is 5.34. The average Bonchev–Trinajstić information content (AvgIpc) is 2.92. The molecule has 114 valence electrons. The Bertz CT molecular complexity index is 358. The Hall–Kier alpha value is -0.680. The molecule has 1 saturated heterocycles. The van der Waals surface area contributed by atoms with Gasteiger partial charge in [-0.3, -0.25) is 4.79 Å². The lowest BCUT2D eigenvalue weighted by Crippen LogP contribution is -2.61. The zero-order valence-electron chi connectivity index (χ0n) is 12.5. The molecule has 2 rings (SSSR count). The van der Waals surface area contributed by atoms with Gasteiger partial charge in [0.2, 0.25) is 5.91 Å². The van der Waals surface area contributed by atoms with E-state index in [1.165, 1.54) is 25.7 Å². The van der Waals surface area contributed by atoms with E-state index in [9.17, 15) is 4.79 Å². The largest absolute Gasteiger partial charge is 0.391 e. The van der Waals surface area contributed by atoms with Gasteiger partial charge in [0.25, 0.3) is 0 Å². The number of nitrogens with zero attached hydrogens (tertiary/aromatic N) is 1. The van der Waals surface area contributed by atoms with Crippen LogP contribution in [-0.4, -0.2) is 41.5 Å². The van der Waals surface area contributed by atoms with Crippen LogP contribution in [0.5, 0.6) is 0 Å². The Morgan fingerprint density at radius 2 is 1.95 bits per heavy atom. The Morgan fingerprint density at radius 3 is 2.50 bits per heavy atom. The molecule has 0 radical (unpaired) electrons. The zero-order chi connectivity index (χ0) is 14.6. The number of nitrogens with two attached hydrogens (primary N) is 1. The van der Waals surface area contributed by atoms with Gasteiger partial charge in [-0.25, -0.2) is 0 Å². The third kappa shape index (κ3) is 3.92. The molecule has 0 aromatic carbocycles. The van der Waals surface area contributed by atoms with E-state index in [0.717, 1.165) is 38.3 Å². The highest BCUT2D eigenvalue weighted by molar-refractivity contribution is 7.80. The lowest BCUT2D eigenvalue weighted by Gasteiger charge is -2.40. The SMILES string of the molecule is CN1CCC(NC(=O)CCC2CCCC2)(C(N)=S)CC1. The molecule has 0 bridgehead atoms. The fourth-order valence-electron chi connectivity index (χ4n) is 3.40. The van der Waals surface area contributed by atoms with Crippen LogP contribution in [0.25, 0.3) is 0 Å². The number of amides is 1. The van der Waals surface area contributed by atoms with E-state index in [1.54, 1.807) is 0 Å². The summed E-state index contributed by atoms with van der Waals surface area (Å²) in [5, 5.41) is 3.14. The fraction of sp³-hybridized carbons (Fsp3) is 0.867. The van der Waals surface area contributed by atoms with Gasteiger partial charge < -0.3 is 16.0 Å². The summed E-state index contributed by atoms with van der Waals surface area (Å²) < 4.78 is 0. The molecular formula is C15H27N3OS. The van der Waals surface area contributed by atoms with Crippen molar-refractivity contribution in [2.45, 2.75) is 56.9 Å². The second-order valence-electron chi connectivity index (χ2n) is 6.49. The van der Waals surface area contributed by atoms with E-state index in [0.29, 0.717) is 11.4 Å². The van der Waals surface area contributed by atoms with Crippen LogP contribution in [-0.2, 0) is 4.79 Å². The van der Waals surface area contributed by atoms with Crippen molar-refractivity contribution in [1.29, 1.82) is 0 Å². The van der Waals surface area contributed by atoms with Crippen molar-refractivity contribution in [2.75, 3.05) is 20.1 Å². The van der Waals surface area contributed by atoms with Crippen LogP contribution in [0.2, 0.25) is 0 Å². The van der Waals surface area contributed by atoms with Gasteiger partial charge in [-0.1, -0.05) is 37.9 Å². The first-order chi connectivity index (χ1) is 9.52. The number of hydrogen-bond donors (Lipinski definition) is 2. The number of carbonyl (C=O) groups is 1. The van der Waals surface area contributed by atoms with Gasteiger partial charge in [0.1, 0.15) is 0 Å². The molecule has 2 aliphatic rings. The summed E-state index contributed by atoms with van der Waals surface area (Å²) in [6, 6.07) is 0. The monoisotopic (exact) mass is 297 g/mol. The second kappa shape index (κ2) is 6.85. The number of rotatable bonds is 5. The molecule has 1 amide bonds. The van der Waals surface area contributed by atoms with Crippen molar-refractivity contribution >= 4 is 23.1 Å². The molecule has 1 heterocycles. The second-order valence-corrected chi connectivity index (χ2v) is 6.93. The highest BCUT2D eigenvalue weighted by atomic mass is 32.1. The summed E-state index contributed by atoms with van der Waals surface area (Å²) in [6.45, 7) is 1.86.